The molecule has 53 valence electrons. The van der Waals surface area contributed by atoms with Crippen molar-refractivity contribution < 1.29 is 4.74 Å². The zero-order valence-electron chi connectivity index (χ0n) is 5.51. The van der Waals surface area contributed by atoms with Gasteiger partial charge in [0.05, 0.1) is 6.61 Å². The Labute approximate surface area is 69.1 Å². The van der Waals surface area contributed by atoms with Crippen LogP contribution in [0.5, 0.6) is 5.75 Å². The van der Waals surface area contributed by atoms with Gasteiger partial charge in [-0.25, -0.2) is 0 Å². The molecule has 1 aromatic rings. The fraction of sp³-hybridized carbons (Fsp3) is 0.125. The first-order chi connectivity index (χ1) is 4.83. The first-order valence-electron chi connectivity index (χ1n) is 3.00. The Kier molecular flexibility index (Phi) is 2.75. The largest absolute Gasteiger partial charge is 0.494 e. The van der Waals surface area contributed by atoms with E-state index in [0.29, 0.717) is 6.61 Å². The first kappa shape index (κ1) is 7.61. The lowest BCUT2D eigenvalue weighted by Gasteiger charge is -2.00. The molecule has 0 heterocycles. The Balaban J connectivity index is 2.69. The number of benzene rings is 1. The maximum Gasteiger partial charge on any atom is 0.119 e. The SMILES string of the molecule is [CH2]COc1ccc(Br)cc1. The minimum absolute atomic E-state index is 0.474. The second-order valence-corrected chi connectivity index (χ2v) is 2.72. The first-order valence-corrected chi connectivity index (χ1v) is 3.80. The summed E-state index contributed by atoms with van der Waals surface area (Å²) in [6.45, 7) is 4.04. The highest BCUT2D eigenvalue weighted by atomic mass is 79.9. The predicted molar refractivity (Wildman–Crippen MR) is 45.0 cm³/mol. The van der Waals surface area contributed by atoms with Gasteiger partial charge in [-0.1, -0.05) is 15.9 Å². The van der Waals surface area contributed by atoms with Gasteiger partial charge in [-0.2, -0.15) is 0 Å². The summed E-state index contributed by atoms with van der Waals surface area (Å²) in [6, 6.07) is 7.67. The molecule has 0 N–H and O–H groups in total. The lowest BCUT2D eigenvalue weighted by molar-refractivity contribution is 0.361. The van der Waals surface area contributed by atoms with Crippen LogP contribution in [0.4, 0.5) is 0 Å². The van der Waals surface area contributed by atoms with Crippen molar-refractivity contribution in [1.82, 2.24) is 0 Å². The lowest BCUT2D eigenvalue weighted by Crippen LogP contribution is -1.90. The van der Waals surface area contributed by atoms with Crippen molar-refractivity contribution in [3.05, 3.63) is 35.7 Å². The van der Waals surface area contributed by atoms with Crippen LogP contribution < -0.4 is 4.74 Å². The van der Waals surface area contributed by atoms with E-state index < -0.39 is 0 Å². The topological polar surface area (TPSA) is 9.23 Å². The summed E-state index contributed by atoms with van der Waals surface area (Å²) in [6.07, 6.45) is 0. The number of rotatable bonds is 2. The molecule has 0 atom stereocenters. The van der Waals surface area contributed by atoms with Crippen LogP contribution in [0.15, 0.2) is 28.7 Å². The van der Waals surface area contributed by atoms with Crippen LogP contribution >= 0.6 is 15.9 Å². The zero-order chi connectivity index (χ0) is 7.40. The van der Waals surface area contributed by atoms with Crippen molar-refractivity contribution >= 4 is 15.9 Å². The maximum absolute atomic E-state index is 5.13. The summed E-state index contributed by atoms with van der Waals surface area (Å²) in [4.78, 5) is 0. The molecule has 0 aliphatic carbocycles. The van der Waals surface area contributed by atoms with Crippen molar-refractivity contribution in [2.45, 2.75) is 0 Å². The minimum Gasteiger partial charge on any atom is -0.494 e. The fourth-order valence-electron chi connectivity index (χ4n) is 0.649. The molecule has 0 saturated carbocycles. The summed E-state index contributed by atoms with van der Waals surface area (Å²) in [5, 5.41) is 0. The molecular weight excluding hydrogens is 192 g/mol. The van der Waals surface area contributed by atoms with Crippen LogP contribution in [-0.4, -0.2) is 6.61 Å². The Bertz CT molecular complexity index is 193. The van der Waals surface area contributed by atoms with E-state index >= 15 is 0 Å². The second kappa shape index (κ2) is 3.62. The highest BCUT2D eigenvalue weighted by Gasteiger charge is 1.89. The standard InChI is InChI=1S/C8H8BrO/c1-2-10-8-5-3-7(9)4-6-8/h3-6H,1-2H2. The van der Waals surface area contributed by atoms with Crippen molar-refractivity contribution in [2.75, 3.05) is 6.61 Å². The van der Waals surface area contributed by atoms with Crippen LogP contribution in [0.25, 0.3) is 0 Å². The van der Waals surface area contributed by atoms with E-state index in [1.54, 1.807) is 0 Å². The number of ether oxygens (including phenoxy) is 1. The second-order valence-electron chi connectivity index (χ2n) is 1.80. The molecule has 1 rings (SSSR count). The van der Waals surface area contributed by atoms with Gasteiger partial charge in [0, 0.05) is 4.47 Å². The highest BCUT2D eigenvalue weighted by Crippen LogP contribution is 2.15. The van der Waals surface area contributed by atoms with Crippen molar-refractivity contribution in [1.29, 1.82) is 0 Å². The van der Waals surface area contributed by atoms with Crippen LogP contribution in [0.3, 0.4) is 0 Å². The smallest absolute Gasteiger partial charge is 0.119 e. The van der Waals surface area contributed by atoms with Crippen LogP contribution in [0.2, 0.25) is 0 Å². The molecule has 0 spiro atoms. The Morgan fingerprint density at radius 2 is 1.90 bits per heavy atom. The number of halogens is 1. The van der Waals surface area contributed by atoms with E-state index in [0.717, 1.165) is 10.2 Å². The molecule has 1 nitrogen and oxygen atoms in total. The van der Waals surface area contributed by atoms with Crippen LogP contribution in [-0.2, 0) is 0 Å². The third-order valence-electron chi connectivity index (χ3n) is 1.08. The molecule has 10 heavy (non-hydrogen) atoms. The molecule has 0 aliphatic heterocycles. The molecular formula is C8H8BrO. The molecule has 0 aromatic heterocycles. The van der Waals surface area contributed by atoms with Gasteiger partial charge in [-0.05, 0) is 31.2 Å². The number of hydrogen-bond donors (Lipinski definition) is 0. The molecule has 1 aromatic carbocycles. The third-order valence-corrected chi connectivity index (χ3v) is 1.61. The molecule has 0 saturated heterocycles. The summed E-state index contributed by atoms with van der Waals surface area (Å²) >= 11 is 3.33. The summed E-state index contributed by atoms with van der Waals surface area (Å²) in [7, 11) is 0. The third kappa shape index (κ3) is 2.03. The summed E-state index contributed by atoms with van der Waals surface area (Å²) in [5.41, 5.74) is 0. The molecule has 0 aliphatic rings. The van der Waals surface area contributed by atoms with Crippen LogP contribution in [0, 0.1) is 6.92 Å². The number of hydrogen-bond acceptors (Lipinski definition) is 1. The van der Waals surface area contributed by atoms with Crippen molar-refractivity contribution in [3.63, 3.8) is 0 Å². The highest BCUT2D eigenvalue weighted by molar-refractivity contribution is 9.10. The van der Waals surface area contributed by atoms with E-state index in [1.165, 1.54) is 0 Å². The van der Waals surface area contributed by atoms with E-state index in [-0.39, 0.29) is 0 Å². The van der Waals surface area contributed by atoms with Gasteiger partial charge in [0.1, 0.15) is 5.75 Å². The van der Waals surface area contributed by atoms with Crippen LogP contribution in [0.1, 0.15) is 0 Å². The zero-order valence-corrected chi connectivity index (χ0v) is 7.10. The van der Waals surface area contributed by atoms with Gasteiger partial charge >= 0.3 is 0 Å². The van der Waals surface area contributed by atoms with E-state index in [9.17, 15) is 0 Å². The Hall–Kier alpha value is -0.500. The van der Waals surface area contributed by atoms with Gasteiger partial charge in [0.25, 0.3) is 0 Å². The van der Waals surface area contributed by atoms with Gasteiger partial charge in [0.15, 0.2) is 0 Å². The van der Waals surface area contributed by atoms with Crippen molar-refractivity contribution in [3.8, 4) is 5.75 Å². The molecule has 0 fully saturated rings. The van der Waals surface area contributed by atoms with Crippen molar-refractivity contribution in [2.24, 2.45) is 0 Å². The van der Waals surface area contributed by atoms with E-state index in [2.05, 4.69) is 22.9 Å². The Morgan fingerprint density at radius 1 is 1.30 bits per heavy atom. The normalized spacial score (nSPS) is 9.40. The average Bonchev–Trinajstić information content (AvgIpc) is 1.95. The maximum atomic E-state index is 5.13. The summed E-state index contributed by atoms with van der Waals surface area (Å²) < 4.78 is 6.19. The Morgan fingerprint density at radius 3 is 2.40 bits per heavy atom. The van der Waals surface area contributed by atoms with Gasteiger partial charge in [-0.3, -0.25) is 0 Å². The average molecular weight is 200 g/mol. The molecule has 1 radical (unpaired) electrons. The molecule has 0 bridgehead atoms. The molecule has 0 amide bonds. The monoisotopic (exact) mass is 199 g/mol. The fourth-order valence-corrected chi connectivity index (χ4v) is 0.913. The lowest BCUT2D eigenvalue weighted by atomic mass is 10.3. The molecule has 2 heteroatoms. The van der Waals surface area contributed by atoms with Gasteiger partial charge < -0.3 is 4.74 Å². The predicted octanol–water partition coefficient (Wildman–Crippen LogP) is 2.66. The van der Waals surface area contributed by atoms with E-state index in [1.807, 2.05) is 24.3 Å². The van der Waals surface area contributed by atoms with Gasteiger partial charge in [0.2, 0.25) is 0 Å². The van der Waals surface area contributed by atoms with Gasteiger partial charge in [-0.15, -0.1) is 0 Å². The molecule has 0 unspecified atom stereocenters. The quantitative estimate of drug-likeness (QED) is 0.712. The van der Waals surface area contributed by atoms with E-state index in [4.69, 9.17) is 4.74 Å². The minimum atomic E-state index is 0.474. The summed E-state index contributed by atoms with van der Waals surface area (Å²) in [5.74, 6) is 0.859.